The first-order valence-corrected chi connectivity index (χ1v) is 8.75. The molecule has 0 aliphatic carbocycles. The summed E-state index contributed by atoms with van der Waals surface area (Å²) in [5.74, 6) is 1.28. The number of nitrogens with zero attached hydrogens (tertiary/aromatic N) is 1. The summed E-state index contributed by atoms with van der Waals surface area (Å²) >= 11 is 0. The van der Waals surface area contributed by atoms with Gasteiger partial charge in [0.15, 0.2) is 6.61 Å². The average molecular weight is 352 g/mol. The van der Waals surface area contributed by atoms with Crippen molar-refractivity contribution < 1.29 is 19.1 Å². The lowest BCUT2D eigenvalue weighted by molar-refractivity contribution is -0.122. The first-order valence-electron chi connectivity index (χ1n) is 8.75. The zero-order valence-electron chi connectivity index (χ0n) is 14.3. The van der Waals surface area contributed by atoms with Gasteiger partial charge in [0.1, 0.15) is 11.5 Å². The number of hydrogen-bond donors (Lipinski definition) is 1. The van der Waals surface area contributed by atoms with Crippen molar-refractivity contribution in [3.05, 3.63) is 54.1 Å². The molecule has 6 heteroatoms. The van der Waals surface area contributed by atoms with E-state index in [1.54, 1.807) is 4.90 Å². The van der Waals surface area contributed by atoms with Gasteiger partial charge in [-0.2, -0.15) is 0 Å². The second-order valence-corrected chi connectivity index (χ2v) is 6.35. The number of ether oxygens (including phenoxy) is 2. The van der Waals surface area contributed by atoms with Crippen LogP contribution in [0.15, 0.2) is 48.5 Å². The smallest absolute Gasteiger partial charge is 0.265 e. The highest BCUT2D eigenvalue weighted by molar-refractivity contribution is 5.98. The van der Waals surface area contributed by atoms with Gasteiger partial charge in [-0.3, -0.25) is 9.59 Å². The molecule has 2 aromatic carbocycles. The van der Waals surface area contributed by atoms with E-state index in [2.05, 4.69) is 5.32 Å². The van der Waals surface area contributed by atoms with Gasteiger partial charge in [-0.25, -0.2) is 0 Å². The fourth-order valence-corrected chi connectivity index (χ4v) is 3.37. The van der Waals surface area contributed by atoms with Gasteiger partial charge in [0.25, 0.3) is 5.91 Å². The standard InChI is InChI=1S/C20H20N2O4/c23-19(21-15-10-12-25-17-7-3-1-5-14(15)17)9-11-22-16-6-2-4-8-18(16)26-13-20(22)24/h1-8,15H,9-13H2,(H,21,23)/t15-/m1/s1. The predicted octanol–water partition coefficient (Wildman–Crippen LogP) is 2.44. The lowest BCUT2D eigenvalue weighted by atomic mass is 10.0. The Balaban J connectivity index is 1.40. The number of nitrogens with one attached hydrogen (secondary N) is 1. The van der Waals surface area contributed by atoms with Crippen molar-refractivity contribution in [3.63, 3.8) is 0 Å². The number of carbonyl (C=O) groups is 2. The van der Waals surface area contributed by atoms with Crippen molar-refractivity contribution >= 4 is 17.5 Å². The molecule has 26 heavy (non-hydrogen) atoms. The summed E-state index contributed by atoms with van der Waals surface area (Å²) in [6, 6.07) is 15.1. The highest BCUT2D eigenvalue weighted by Crippen LogP contribution is 2.33. The minimum atomic E-state index is -0.132. The summed E-state index contributed by atoms with van der Waals surface area (Å²) in [5.41, 5.74) is 1.72. The number of hydrogen-bond acceptors (Lipinski definition) is 4. The first-order chi connectivity index (χ1) is 12.7. The van der Waals surface area contributed by atoms with Crippen LogP contribution in [-0.4, -0.2) is 31.6 Å². The second kappa shape index (κ2) is 7.07. The molecule has 2 aromatic rings. The Kier molecular flexibility index (Phi) is 4.48. The maximum atomic E-state index is 12.5. The molecule has 1 atom stereocenters. The molecular weight excluding hydrogens is 332 g/mol. The summed E-state index contributed by atoms with van der Waals surface area (Å²) in [4.78, 5) is 26.3. The van der Waals surface area contributed by atoms with Crippen molar-refractivity contribution in [3.8, 4) is 11.5 Å². The van der Waals surface area contributed by atoms with E-state index in [1.165, 1.54) is 0 Å². The Bertz CT molecular complexity index is 836. The normalized spacial score (nSPS) is 18.2. The van der Waals surface area contributed by atoms with E-state index < -0.39 is 0 Å². The van der Waals surface area contributed by atoms with Crippen molar-refractivity contribution in [1.29, 1.82) is 0 Å². The molecule has 0 radical (unpaired) electrons. The van der Waals surface area contributed by atoms with Crippen LogP contribution >= 0.6 is 0 Å². The first kappa shape index (κ1) is 16.4. The minimum Gasteiger partial charge on any atom is -0.493 e. The minimum absolute atomic E-state index is 0.00592. The van der Waals surface area contributed by atoms with Crippen LogP contribution in [0, 0.1) is 0 Å². The van der Waals surface area contributed by atoms with Gasteiger partial charge in [0.05, 0.1) is 18.3 Å². The molecule has 4 rings (SSSR count). The second-order valence-electron chi connectivity index (χ2n) is 6.35. The molecule has 0 saturated heterocycles. The van der Waals surface area contributed by atoms with Gasteiger partial charge in [-0.05, 0) is 18.2 Å². The maximum absolute atomic E-state index is 12.5. The third kappa shape index (κ3) is 3.22. The van der Waals surface area contributed by atoms with E-state index >= 15 is 0 Å². The number of carbonyl (C=O) groups excluding carboxylic acids is 2. The van der Waals surface area contributed by atoms with E-state index in [0.29, 0.717) is 24.6 Å². The van der Waals surface area contributed by atoms with Crippen LogP contribution in [0.1, 0.15) is 24.4 Å². The van der Waals surface area contributed by atoms with Crippen LogP contribution in [-0.2, 0) is 9.59 Å². The summed E-state index contributed by atoms with van der Waals surface area (Å²) in [7, 11) is 0. The van der Waals surface area contributed by atoms with Gasteiger partial charge in [-0.15, -0.1) is 0 Å². The molecule has 2 heterocycles. The van der Waals surface area contributed by atoms with Crippen molar-refractivity contribution in [2.45, 2.75) is 18.9 Å². The highest BCUT2D eigenvalue weighted by Gasteiger charge is 2.27. The molecule has 2 aliphatic heterocycles. The zero-order chi connectivity index (χ0) is 17.9. The van der Waals surface area contributed by atoms with Gasteiger partial charge >= 0.3 is 0 Å². The van der Waals surface area contributed by atoms with Crippen LogP contribution in [0.5, 0.6) is 11.5 Å². The van der Waals surface area contributed by atoms with Crippen LogP contribution < -0.4 is 19.7 Å². The zero-order valence-corrected chi connectivity index (χ0v) is 14.3. The van der Waals surface area contributed by atoms with Crippen LogP contribution in [0.4, 0.5) is 5.69 Å². The van der Waals surface area contributed by atoms with Crippen LogP contribution in [0.25, 0.3) is 0 Å². The van der Waals surface area contributed by atoms with Crippen molar-refractivity contribution in [2.24, 2.45) is 0 Å². The quantitative estimate of drug-likeness (QED) is 0.918. The Morgan fingerprint density at radius 3 is 2.73 bits per heavy atom. The fourth-order valence-electron chi connectivity index (χ4n) is 3.37. The molecule has 1 N–H and O–H groups in total. The predicted molar refractivity (Wildman–Crippen MR) is 96.3 cm³/mol. The monoisotopic (exact) mass is 352 g/mol. The fraction of sp³-hybridized carbons (Fsp3) is 0.300. The molecule has 2 aliphatic rings. The SMILES string of the molecule is O=C(CCN1C(=O)COc2ccccc21)N[C@@H]1CCOc2ccccc21. The number of para-hydroxylation sites is 3. The molecule has 0 saturated carbocycles. The van der Waals surface area contributed by atoms with E-state index in [-0.39, 0.29) is 30.9 Å². The summed E-state index contributed by atoms with van der Waals surface area (Å²) < 4.78 is 11.1. The lowest BCUT2D eigenvalue weighted by Gasteiger charge is -2.30. The summed E-state index contributed by atoms with van der Waals surface area (Å²) in [6.07, 6.45) is 0.974. The van der Waals surface area contributed by atoms with E-state index in [0.717, 1.165) is 17.7 Å². The number of amides is 2. The third-order valence-corrected chi connectivity index (χ3v) is 4.66. The van der Waals surface area contributed by atoms with Crippen molar-refractivity contribution in [2.75, 3.05) is 24.7 Å². The molecule has 0 bridgehead atoms. The maximum Gasteiger partial charge on any atom is 0.265 e. The number of fused-ring (bicyclic) bond motifs is 2. The lowest BCUT2D eigenvalue weighted by Crippen LogP contribution is -2.41. The van der Waals surface area contributed by atoms with Crippen LogP contribution in [0.2, 0.25) is 0 Å². The summed E-state index contributed by atoms with van der Waals surface area (Å²) in [5, 5.41) is 3.07. The molecule has 2 amide bonds. The Morgan fingerprint density at radius 1 is 1.08 bits per heavy atom. The molecule has 0 aromatic heterocycles. The largest absolute Gasteiger partial charge is 0.493 e. The molecule has 0 spiro atoms. The summed E-state index contributed by atoms with van der Waals surface area (Å²) in [6.45, 7) is 0.916. The number of anilines is 1. The van der Waals surface area contributed by atoms with Gasteiger partial charge in [0, 0.05) is 24.9 Å². The molecule has 6 nitrogen and oxygen atoms in total. The Morgan fingerprint density at radius 2 is 1.85 bits per heavy atom. The molecule has 0 fully saturated rings. The number of benzene rings is 2. The van der Waals surface area contributed by atoms with E-state index in [1.807, 2.05) is 48.5 Å². The molecule has 134 valence electrons. The van der Waals surface area contributed by atoms with Crippen LogP contribution in [0.3, 0.4) is 0 Å². The Labute approximate surface area is 151 Å². The highest BCUT2D eigenvalue weighted by atomic mass is 16.5. The topological polar surface area (TPSA) is 67.9 Å². The van der Waals surface area contributed by atoms with Crippen molar-refractivity contribution in [1.82, 2.24) is 5.32 Å². The van der Waals surface area contributed by atoms with Gasteiger partial charge in [0.2, 0.25) is 5.91 Å². The third-order valence-electron chi connectivity index (χ3n) is 4.66. The van der Waals surface area contributed by atoms with Gasteiger partial charge in [-0.1, -0.05) is 30.3 Å². The Hall–Kier alpha value is -3.02. The number of rotatable bonds is 4. The average Bonchev–Trinajstić information content (AvgIpc) is 2.67. The molecule has 0 unspecified atom stereocenters. The van der Waals surface area contributed by atoms with E-state index in [9.17, 15) is 9.59 Å². The van der Waals surface area contributed by atoms with E-state index in [4.69, 9.17) is 9.47 Å². The van der Waals surface area contributed by atoms with Gasteiger partial charge < -0.3 is 19.7 Å². The molecular formula is C20H20N2O4.